The minimum Gasteiger partial charge on any atom is -0.462 e. The summed E-state index contributed by atoms with van der Waals surface area (Å²) in [7, 11) is 0. The van der Waals surface area contributed by atoms with Gasteiger partial charge in [-0.15, -0.1) is 0 Å². The smallest absolute Gasteiger partial charge is 0.312 e. The molecule has 1 heterocycles. The van der Waals surface area contributed by atoms with Gasteiger partial charge in [-0.1, -0.05) is 12.8 Å². The van der Waals surface area contributed by atoms with Crippen molar-refractivity contribution in [3.05, 3.63) is 0 Å². The fourth-order valence-electron chi connectivity index (χ4n) is 3.39. The molecule has 1 unspecified atom stereocenters. The molecule has 0 bridgehead atoms. The maximum atomic E-state index is 11.9. The highest BCUT2D eigenvalue weighted by atomic mass is 16.6. The molecule has 0 aromatic carbocycles. The van der Waals surface area contributed by atoms with Gasteiger partial charge in [0.05, 0.1) is 18.1 Å². The maximum Gasteiger partial charge on any atom is 0.312 e. The van der Waals surface area contributed by atoms with Gasteiger partial charge in [-0.2, -0.15) is 0 Å². The number of carbonyl (C=O) groups excluding carboxylic acids is 1. The van der Waals surface area contributed by atoms with Crippen molar-refractivity contribution in [2.24, 2.45) is 11.8 Å². The lowest BCUT2D eigenvalue weighted by Crippen LogP contribution is -2.30. The lowest BCUT2D eigenvalue weighted by atomic mass is 9.97. The van der Waals surface area contributed by atoms with Crippen molar-refractivity contribution in [2.75, 3.05) is 6.61 Å². The lowest BCUT2D eigenvalue weighted by Gasteiger charge is -2.25. The lowest BCUT2D eigenvalue weighted by molar-refractivity contribution is -0.157. The fraction of sp³-hybridized carbons (Fsp3) is 0.917. The zero-order valence-corrected chi connectivity index (χ0v) is 9.20. The van der Waals surface area contributed by atoms with Crippen LogP contribution < -0.4 is 0 Å². The number of cyclic esters (lactones) is 1. The van der Waals surface area contributed by atoms with Crippen LogP contribution in [-0.2, 0) is 14.3 Å². The molecule has 0 aromatic rings. The van der Waals surface area contributed by atoms with E-state index < -0.39 is 0 Å². The molecule has 4 atom stereocenters. The second-order valence-corrected chi connectivity index (χ2v) is 5.17. The molecule has 3 heteroatoms. The van der Waals surface area contributed by atoms with Crippen LogP contribution in [0.4, 0.5) is 0 Å². The van der Waals surface area contributed by atoms with E-state index in [0.717, 1.165) is 25.9 Å². The van der Waals surface area contributed by atoms with Crippen LogP contribution in [0.5, 0.6) is 0 Å². The highest BCUT2D eigenvalue weighted by Gasteiger charge is 2.70. The van der Waals surface area contributed by atoms with Crippen LogP contribution in [0.1, 0.15) is 39.0 Å². The minimum atomic E-state index is -0.102. The number of hydrogen-bond donors (Lipinski definition) is 0. The van der Waals surface area contributed by atoms with E-state index >= 15 is 0 Å². The third-order valence-corrected chi connectivity index (χ3v) is 4.25. The van der Waals surface area contributed by atoms with Crippen molar-refractivity contribution in [1.29, 1.82) is 0 Å². The van der Waals surface area contributed by atoms with Gasteiger partial charge in [0.15, 0.2) is 0 Å². The Labute approximate surface area is 90.1 Å². The number of ether oxygens (including phenoxy) is 2. The SMILES string of the molecule is C[C@H]1CCO[C@]23CCCC[C@H]2C3C(=O)O1. The molecule has 0 amide bonds. The summed E-state index contributed by atoms with van der Waals surface area (Å²) in [6.45, 7) is 2.70. The molecule has 0 radical (unpaired) electrons. The van der Waals surface area contributed by atoms with Crippen LogP contribution in [0.2, 0.25) is 0 Å². The summed E-state index contributed by atoms with van der Waals surface area (Å²) in [5.41, 5.74) is -0.102. The second kappa shape index (κ2) is 3.21. The number of esters is 1. The highest BCUT2D eigenvalue weighted by Crippen LogP contribution is 2.62. The number of fused-ring (bicyclic) bond motifs is 1. The third kappa shape index (κ3) is 1.32. The van der Waals surface area contributed by atoms with Gasteiger partial charge in [-0.05, 0) is 19.8 Å². The molecule has 3 nitrogen and oxygen atoms in total. The van der Waals surface area contributed by atoms with Gasteiger partial charge in [0.25, 0.3) is 0 Å². The van der Waals surface area contributed by atoms with E-state index in [1.807, 2.05) is 6.92 Å². The Hall–Kier alpha value is -0.570. The molecule has 3 fully saturated rings. The molecule has 1 spiro atoms. The minimum absolute atomic E-state index is 0.00546. The van der Waals surface area contributed by atoms with E-state index in [1.54, 1.807) is 0 Å². The molecule has 1 saturated heterocycles. The monoisotopic (exact) mass is 210 g/mol. The van der Waals surface area contributed by atoms with Crippen LogP contribution in [0.25, 0.3) is 0 Å². The maximum absolute atomic E-state index is 11.9. The summed E-state index contributed by atoms with van der Waals surface area (Å²) in [5, 5.41) is 0. The first kappa shape index (κ1) is 9.64. The molecule has 15 heavy (non-hydrogen) atoms. The van der Waals surface area contributed by atoms with Crippen LogP contribution in [0, 0.1) is 11.8 Å². The average molecular weight is 210 g/mol. The Morgan fingerprint density at radius 2 is 2.20 bits per heavy atom. The molecule has 0 aromatic heterocycles. The summed E-state index contributed by atoms with van der Waals surface area (Å²) in [4.78, 5) is 11.9. The predicted molar refractivity (Wildman–Crippen MR) is 54.3 cm³/mol. The van der Waals surface area contributed by atoms with Gasteiger partial charge >= 0.3 is 5.97 Å². The molecule has 1 aliphatic heterocycles. The molecule has 3 rings (SSSR count). The largest absolute Gasteiger partial charge is 0.462 e. The van der Waals surface area contributed by atoms with E-state index in [0.29, 0.717) is 5.92 Å². The van der Waals surface area contributed by atoms with Crippen molar-refractivity contribution in [2.45, 2.75) is 50.7 Å². The van der Waals surface area contributed by atoms with E-state index in [9.17, 15) is 4.79 Å². The summed E-state index contributed by atoms with van der Waals surface area (Å²) >= 11 is 0. The Morgan fingerprint density at radius 3 is 3.07 bits per heavy atom. The Morgan fingerprint density at radius 1 is 1.33 bits per heavy atom. The summed E-state index contributed by atoms with van der Waals surface area (Å²) in [5.74, 6) is 0.515. The molecular weight excluding hydrogens is 192 g/mol. The topological polar surface area (TPSA) is 35.5 Å². The third-order valence-electron chi connectivity index (χ3n) is 4.25. The Bertz CT molecular complexity index is 289. The van der Waals surface area contributed by atoms with Crippen LogP contribution in [0.15, 0.2) is 0 Å². The predicted octanol–water partition coefficient (Wildman–Crippen LogP) is 1.90. The first-order valence-corrected chi connectivity index (χ1v) is 6.08. The number of carbonyl (C=O) groups is 1. The number of hydrogen-bond acceptors (Lipinski definition) is 3. The van der Waals surface area contributed by atoms with E-state index in [2.05, 4.69) is 0 Å². The van der Waals surface area contributed by atoms with Gasteiger partial charge in [-0.3, -0.25) is 4.79 Å². The second-order valence-electron chi connectivity index (χ2n) is 5.17. The molecule has 0 N–H and O–H groups in total. The van der Waals surface area contributed by atoms with E-state index in [-0.39, 0.29) is 23.6 Å². The molecular formula is C12H18O3. The van der Waals surface area contributed by atoms with Crippen LogP contribution >= 0.6 is 0 Å². The average Bonchev–Trinajstić information content (AvgIpc) is 2.84. The fourth-order valence-corrected chi connectivity index (χ4v) is 3.39. The zero-order chi connectivity index (χ0) is 10.5. The normalized spacial score (nSPS) is 49.4. The standard InChI is InChI=1S/C12H18O3/c1-8-5-7-14-12-6-3-2-4-9(12)10(12)11(13)15-8/h8-10H,2-7H2,1H3/t8-,9-,10?,12+/m0/s1. The van der Waals surface area contributed by atoms with E-state index in [4.69, 9.17) is 9.47 Å². The van der Waals surface area contributed by atoms with Gasteiger partial charge < -0.3 is 9.47 Å². The summed E-state index contributed by atoms with van der Waals surface area (Å²) in [6, 6.07) is 0. The molecule has 3 aliphatic rings. The molecule has 84 valence electrons. The van der Waals surface area contributed by atoms with Crippen LogP contribution in [0.3, 0.4) is 0 Å². The quantitative estimate of drug-likeness (QED) is 0.573. The first-order chi connectivity index (χ1) is 7.24. The van der Waals surface area contributed by atoms with Gasteiger partial charge in [0.1, 0.15) is 6.10 Å². The Kier molecular flexibility index (Phi) is 2.06. The van der Waals surface area contributed by atoms with Crippen molar-refractivity contribution in [3.63, 3.8) is 0 Å². The van der Waals surface area contributed by atoms with Crippen molar-refractivity contribution in [3.8, 4) is 0 Å². The van der Waals surface area contributed by atoms with Crippen LogP contribution in [-0.4, -0.2) is 24.3 Å². The van der Waals surface area contributed by atoms with Crippen molar-refractivity contribution < 1.29 is 14.3 Å². The van der Waals surface area contributed by atoms with Crippen molar-refractivity contribution >= 4 is 5.97 Å². The van der Waals surface area contributed by atoms with E-state index in [1.165, 1.54) is 12.8 Å². The van der Waals surface area contributed by atoms with Gasteiger partial charge in [0, 0.05) is 12.3 Å². The van der Waals surface area contributed by atoms with Crippen molar-refractivity contribution in [1.82, 2.24) is 0 Å². The summed E-state index contributed by atoms with van der Waals surface area (Å²) < 4.78 is 11.4. The number of rotatable bonds is 0. The van der Waals surface area contributed by atoms with Gasteiger partial charge in [-0.25, -0.2) is 0 Å². The highest BCUT2D eigenvalue weighted by molar-refractivity contribution is 5.79. The zero-order valence-electron chi connectivity index (χ0n) is 9.20. The molecule has 2 aliphatic carbocycles. The first-order valence-electron chi connectivity index (χ1n) is 6.08. The summed E-state index contributed by atoms with van der Waals surface area (Å²) in [6.07, 6.45) is 5.52. The van der Waals surface area contributed by atoms with Gasteiger partial charge in [0.2, 0.25) is 0 Å². The Balaban J connectivity index is 1.81. The molecule has 2 saturated carbocycles.